The topological polar surface area (TPSA) is 72.9 Å². The summed E-state index contributed by atoms with van der Waals surface area (Å²) in [5, 5.41) is 13.3. The fourth-order valence-electron chi connectivity index (χ4n) is 4.53. The molecule has 2 N–H and O–H groups in total. The summed E-state index contributed by atoms with van der Waals surface area (Å²) in [4.78, 5) is 29.4. The molecule has 2 aromatic carbocycles. The maximum atomic E-state index is 12.8. The van der Waals surface area contributed by atoms with Gasteiger partial charge in [0.25, 0.3) is 0 Å². The van der Waals surface area contributed by atoms with Crippen molar-refractivity contribution in [3.63, 3.8) is 0 Å². The molecule has 2 aromatic rings. The van der Waals surface area contributed by atoms with E-state index >= 15 is 0 Å². The molecule has 1 unspecified atom stereocenters. The molecule has 2 amide bonds. The van der Waals surface area contributed by atoms with Crippen molar-refractivity contribution in [2.75, 3.05) is 38.0 Å². The van der Waals surface area contributed by atoms with Gasteiger partial charge in [0.1, 0.15) is 5.75 Å². The first-order chi connectivity index (χ1) is 15.4. The zero-order valence-electron chi connectivity index (χ0n) is 17.8. The molecule has 0 radical (unpaired) electrons. The second-order valence-corrected chi connectivity index (χ2v) is 9.43. The van der Waals surface area contributed by atoms with Gasteiger partial charge in [0.2, 0.25) is 11.8 Å². The SMILES string of the molecule is O=C(Nc1ccc(O)c(Cl)c1)C1CCN(CC(=O)N2CCC(c3cccc(Cl)c3)CC2)C1. The zero-order chi connectivity index (χ0) is 22.7. The number of carbonyl (C=O) groups excluding carboxylic acids is 2. The molecule has 2 aliphatic heterocycles. The number of amides is 2. The summed E-state index contributed by atoms with van der Waals surface area (Å²) in [6, 6.07) is 12.6. The Kier molecular flexibility index (Phi) is 7.23. The minimum absolute atomic E-state index is 0.0215. The summed E-state index contributed by atoms with van der Waals surface area (Å²) in [6.45, 7) is 3.11. The molecule has 2 saturated heterocycles. The Bertz CT molecular complexity index is 992. The van der Waals surface area contributed by atoms with Crippen LogP contribution in [0.3, 0.4) is 0 Å². The number of hydrogen-bond acceptors (Lipinski definition) is 4. The van der Waals surface area contributed by atoms with E-state index in [1.165, 1.54) is 17.7 Å². The van der Waals surface area contributed by atoms with Gasteiger partial charge in [-0.3, -0.25) is 14.5 Å². The monoisotopic (exact) mass is 475 g/mol. The van der Waals surface area contributed by atoms with Crippen LogP contribution in [0.1, 0.15) is 30.7 Å². The molecule has 2 aliphatic rings. The zero-order valence-corrected chi connectivity index (χ0v) is 19.3. The number of benzene rings is 2. The predicted octanol–water partition coefficient (Wildman–Crippen LogP) is 4.37. The first-order valence-electron chi connectivity index (χ1n) is 10.9. The lowest BCUT2D eigenvalue weighted by Crippen LogP contribution is -2.43. The number of phenolic OH excluding ortho intramolecular Hbond substituents is 1. The lowest BCUT2D eigenvalue weighted by Gasteiger charge is -2.33. The molecular weight excluding hydrogens is 449 g/mol. The van der Waals surface area contributed by atoms with Crippen molar-refractivity contribution < 1.29 is 14.7 Å². The number of carbonyl (C=O) groups is 2. The van der Waals surface area contributed by atoms with Crippen LogP contribution < -0.4 is 5.32 Å². The average molecular weight is 476 g/mol. The quantitative estimate of drug-likeness (QED) is 0.629. The Labute approximate surface area is 198 Å². The molecule has 4 rings (SSSR count). The standard InChI is InChI=1S/C24H27Cl2N3O3/c25-19-3-1-2-17(12-19)16-7-10-29(11-8-16)23(31)15-28-9-6-18(14-28)24(32)27-20-4-5-22(30)21(26)13-20/h1-5,12-13,16,18,30H,6-11,14-15H2,(H,27,32). The van der Waals surface area contributed by atoms with Gasteiger partial charge in [-0.1, -0.05) is 35.3 Å². The number of nitrogens with one attached hydrogen (secondary N) is 1. The summed E-state index contributed by atoms with van der Waals surface area (Å²) in [5.41, 5.74) is 1.79. The number of likely N-dealkylation sites (tertiary alicyclic amines) is 2. The number of aromatic hydroxyl groups is 1. The summed E-state index contributed by atoms with van der Waals surface area (Å²) in [7, 11) is 0. The molecule has 2 heterocycles. The van der Waals surface area contributed by atoms with Crippen LogP contribution in [0.25, 0.3) is 0 Å². The predicted molar refractivity (Wildman–Crippen MR) is 126 cm³/mol. The van der Waals surface area contributed by atoms with Crippen molar-refractivity contribution in [3.05, 3.63) is 58.1 Å². The summed E-state index contributed by atoms with van der Waals surface area (Å²) < 4.78 is 0. The molecule has 0 aliphatic carbocycles. The molecule has 8 heteroatoms. The molecule has 32 heavy (non-hydrogen) atoms. The van der Waals surface area contributed by atoms with Crippen molar-refractivity contribution in [2.24, 2.45) is 5.92 Å². The fourth-order valence-corrected chi connectivity index (χ4v) is 4.91. The molecule has 0 bridgehead atoms. The Balaban J connectivity index is 1.23. The highest BCUT2D eigenvalue weighted by molar-refractivity contribution is 6.32. The first kappa shape index (κ1) is 22.9. The fraction of sp³-hybridized carbons (Fsp3) is 0.417. The maximum Gasteiger partial charge on any atom is 0.236 e. The number of hydrogen-bond donors (Lipinski definition) is 2. The highest BCUT2D eigenvalue weighted by atomic mass is 35.5. The largest absolute Gasteiger partial charge is 0.506 e. The van der Waals surface area contributed by atoms with Crippen molar-refractivity contribution >= 4 is 40.7 Å². The Hall–Kier alpha value is -2.28. The highest BCUT2D eigenvalue weighted by Crippen LogP contribution is 2.30. The van der Waals surface area contributed by atoms with Gasteiger partial charge in [0.05, 0.1) is 17.5 Å². The van der Waals surface area contributed by atoms with Gasteiger partial charge < -0.3 is 15.3 Å². The van der Waals surface area contributed by atoms with Crippen LogP contribution in [0.4, 0.5) is 5.69 Å². The molecule has 0 spiro atoms. The third-order valence-electron chi connectivity index (χ3n) is 6.38. The van der Waals surface area contributed by atoms with Gasteiger partial charge in [-0.2, -0.15) is 0 Å². The van der Waals surface area contributed by atoms with Gasteiger partial charge in [0.15, 0.2) is 0 Å². The van der Waals surface area contributed by atoms with E-state index in [-0.39, 0.29) is 28.5 Å². The summed E-state index contributed by atoms with van der Waals surface area (Å²) in [6.07, 6.45) is 2.58. The van der Waals surface area contributed by atoms with Gasteiger partial charge in [0, 0.05) is 30.3 Å². The van der Waals surface area contributed by atoms with E-state index in [4.69, 9.17) is 23.2 Å². The molecule has 170 valence electrons. The van der Waals surface area contributed by atoms with Crippen molar-refractivity contribution in [2.45, 2.75) is 25.2 Å². The number of nitrogens with zero attached hydrogens (tertiary/aromatic N) is 2. The van der Waals surface area contributed by atoms with Crippen LogP contribution in [0.2, 0.25) is 10.0 Å². The number of halogens is 2. The summed E-state index contributed by atoms with van der Waals surface area (Å²) in [5.74, 6) is 0.270. The smallest absolute Gasteiger partial charge is 0.236 e. The van der Waals surface area contributed by atoms with E-state index in [0.717, 1.165) is 37.5 Å². The van der Waals surface area contributed by atoms with E-state index in [1.54, 1.807) is 6.07 Å². The first-order valence-corrected chi connectivity index (χ1v) is 11.7. The normalized spacial score (nSPS) is 19.8. The number of phenols is 1. The number of piperidine rings is 1. The maximum absolute atomic E-state index is 12.8. The second kappa shape index (κ2) is 10.1. The Morgan fingerprint density at radius 2 is 1.81 bits per heavy atom. The molecule has 1 atom stereocenters. The lowest BCUT2D eigenvalue weighted by molar-refractivity contribution is -0.133. The lowest BCUT2D eigenvalue weighted by atomic mass is 9.89. The van der Waals surface area contributed by atoms with Gasteiger partial charge in [-0.05, 0) is 67.6 Å². The van der Waals surface area contributed by atoms with Gasteiger partial charge >= 0.3 is 0 Å². The minimum atomic E-state index is -0.177. The van der Waals surface area contributed by atoms with Crippen molar-refractivity contribution in [1.29, 1.82) is 0 Å². The van der Waals surface area contributed by atoms with Crippen LogP contribution in [-0.2, 0) is 9.59 Å². The highest BCUT2D eigenvalue weighted by Gasteiger charge is 2.31. The van der Waals surface area contributed by atoms with Gasteiger partial charge in [-0.25, -0.2) is 0 Å². The second-order valence-electron chi connectivity index (χ2n) is 8.59. The van der Waals surface area contributed by atoms with E-state index in [1.807, 2.05) is 23.1 Å². The minimum Gasteiger partial charge on any atom is -0.506 e. The van der Waals surface area contributed by atoms with Crippen molar-refractivity contribution in [1.82, 2.24) is 9.80 Å². The van der Waals surface area contributed by atoms with Crippen LogP contribution in [0, 0.1) is 5.92 Å². The van der Waals surface area contributed by atoms with Crippen LogP contribution >= 0.6 is 23.2 Å². The molecule has 0 aromatic heterocycles. The van der Waals surface area contributed by atoms with E-state index in [0.29, 0.717) is 31.1 Å². The summed E-state index contributed by atoms with van der Waals surface area (Å²) >= 11 is 12.0. The number of anilines is 1. The van der Waals surface area contributed by atoms with E-state index in [9.17, 15) is 14.7 Å². The third-order valence-corrected chi connectivity index (χ3v) is 6.92. The Morgan fingerprint density at radius 1 is 1.03 bits per heavy atom. The van der Waals surface area contributed by atoms with Crippen LogP contribution in [0.15, 0.2) is 42.5 Å². The molecule has 0 saturated carbocycles. The molecule has 2 fully saturated rings. The molecule has 6 nitrogen and oxygen atoms in total. The van der Waals surface area contributed by atoms with Gasteiger partial charge in [-0.15, -0.1) is 0 Å². The van der Waals surface area contributed by atoms with Crippen LogP contribution in [0.5, 0.6) is 5.75 Å². The van der Waals surface area contributed by atoms with Crippen molar-refractivity contribution in [3.8, 4) is 5.75 Å². The third kappa shape index (κ3) is 5.55. The molecular formula is C24H27Cl2N3O3. The Morgan fingerprint density at radius 3 is 2.53 bits per heavy atom. The average Bonchev–Trinajstić information content (AvgIpc) is 3.25. The van der Waals surface area contributed by atoms with E-state index < -0.39 is 0 Å². The van der Waals surface area contributed by atoms with Crippen LogP contribution in [-0.4, -0.2) is 59.4 Å². The van der Waals surface area contributed by atoms with E-state index in [2.05, 4.69) is 16.3 Å². The number of rotatable bonds is 5.